The van der Waals surface area contributed by atoms with Crippen molar-refractivity contribution >= 4 is 6.03 Å². The smallest absolute Gasteiger partial charge is 0.314 e. The molecule has 0 saturated heterocycles. The molecule has 1 unspecified atom stereocenters. The Bertz CT molecular complexity index is 724. The minimum Gasteiger partial charge on any atom is -0.497 e. The highest BCUT2D eigenvalue weighted by Gasteiger charge is 2.15. The average Bonchev–Trinajstić information content (AvgIpc) is 2.96. The van der Waals surface area contributed by atoms with Gasteiger partial charge in [-0.15, -0.1) is 0 Å². The Kier molecular flexibility index (Phi) is 7.67. The molecular formula is C20H31N5O2. The van der Waals surface area contributed by atoms with Crippen LogP contribution in [-0.2, 0) is 6.54 Å². The van der Waals surface area contributed by atoms with Gasteiger partial charge in [0.05, 0.1) is 18.8 Å². The molecule has 148 valence electrons. The third-order valence-corrected chi connectivity index (χ3v) is 4.52. The van der Waals surface area contributed by atoms with Gasteiger partial charge in [0.1, 0.15) is 5.75 Å². The van der Waals surface area contributed by atoms with Crippen molar-refractivity contribution in [2.45, 2.75) is 32.9 Å². The molecular weight excluding hydrogens is 342 g/mol. The third-order valence-electron chi connectivity index (χ3n) is 4.52. The van der Waals surface area contributed by atoms with E-state index in [-0.39, 0.29) is 12.1 Å². The highest BCUT2D eigenvalue weighted by Crippen LogP contribution is 2.20. The van der Waals surface area contributed by atoms with Gasteiger partial charge < -0.3 is 20.3 Å². The van der Waals surface area contributed by atoms with E-state index in [2.05, 4.69) is 26.7 Å². The first-order chi connectivity index (χ1) is 12.9. The number of hydrogen-bond donors (Lipinski definition) is 2. The molecule has 0 aliphatic rings. The zero-order valence-corrected chi connectivity index (χ0v) is 17.0. The number of ether oxygens (including phenoxy) is 1. The molecule has 7 heteroatoms. The molecule has 1 aromatic carbocycles. The molecule has 2 rings (SSSR count). The minimum absolute atomic E-state index is 0.0938. The molecule has 0 aliphatic heterocycles. The van der Waals surface area contributed by atoms with Crippen molar-refractivity contribution in [2.24, 2.45) is 0 Å². The zero-order valence-electron chi connectivity index (χ0n) is 17.0. The van der Waals surface area contributed by atoms with Gasteiger partial charge in [0, 0.05) is 25.3 Å². The van der Waals surface area contributed by atoms with E-state index in [0.29, 0.717) is 13.1 Å². The first kappa shape index (κ1) is 20.8. The van der Waals surface area contributed by atoms with Crippen LogP contribution in [-0.4, -0.2) is 55.0 Å². The van der Waals surface area contributed by atoms with E-state index >= 15 is 0 Å². The summed E-state index contributed by atoms with van der Waals surface area (Å²) in [4.78, 5) is 14.2. The molecule has 0 radical (unpaired) electrons. The molecule has 27 heavy (non-hydrogen) atoms. The summed E-state index contributed by atoms with van der Waals surface area (Å²) in [6, 6.07) is 9.92. The average molecular weight is 374 g/mol. The number of aryl methyl sites for hydroxylation is 3. The minimum atomic E-state index is -0.149. The number of carbonyl (C=O) groups excluding carboxylic acids is 1. The van der Waals surface area contributed by atoms with Gasteiger partial charge in [0.15, 0.2) is 0 Å². The molecule has 0 fully saturated rings. The fourth-order valence-electron chi connectivity index (χ4n) is 3.01. The molecule has 0 aliphatic carbocycles. The maximum absolute atomic E-state index is 12.1. The maximum atomic E-state index is 12.1. The van der Waals surface area contributed by atoms with Crippen molar-refractivity contribution < 1.29 is 9.53 Å². The number of aromatic nitrogens is 2. The maximum Gasteiger partial charge on any atom is 0.314 e. The SMILES string of the molecule is COc1ccc(C(CNC(=O)NCCCn2nc(C)cc2C)N(C)C)cc1. The van der Waals surface area contributed by atoms with Crippen LogP contribution in [0.25, 0.3) is 0 Å². The number of rotatable bonds is 9. The van der Waals surface area contributed by atoms with Crippen molar-refractivity contribution in [3.63, 3.8) is 0 Å². The lowest BCUT2D eigenvalue weighted by molar-refractivity contribution is 0.232. The summed E-state index contributed by atoms with van der Waals surface area (Å²) in [5.74, 6) is 0.824. The fourth-order valence-corrected chi connectivity index (χ4v) is 3.01. The number of amides is 2. The molecule has 1 aromatic heterocycles. The van der Waals surface area contributed by atoms with Crippen molar-refractivity contribution in [3.8, 4) is 5.75 Å². The molecule has 7 nitrogen and oxygen atoms in total. The van der Waals surface area contributed by atoms with E-state index in [4.69, 9.17) is 4.74 Å². The first-order valence-electron chi connectivity index (χ1n) is 9.24. The van der Waals surface area contributed by atoms with Crippen molar-refractivity contribution in [1.82, 2.24) is 25.3 Å². The van der Waals surface area contributed by atoms with E-state index in [0.717, 1.165) is 35.7 Å². The molecule has 2 N–H and O–H groups in total. The number of benzene rings is 1. The molecule has 0 spiro atoms. The van der Waals surface area contributed by atoms with Gasteiger partial charge in [-0.25, -0.2) is 4.79 Å². The normalized spacial score (nSPS) is 12.1. The number of urea groups is 1. The summed E-state index contributed by atoms with van der Waals surface area (Å²) in [5, 5.41) is 10.3. The zero-order chi connectivity index (χ0) is 19.8. The van der Waals surface area contributed by atoms with Crippen molar-refractivity contribution in [2.75, 3.05) is 34.3 Å². The van der Waals surface area contributed by atoms with Crippen LogP contribution >= 0.6 is 0 Å². The fraction of sp³-hybridized carbons (Fsp3) is 0.500. The Morgan fingerprint density at radius 1 is 1.22 bits per heavy atom. The van der Waals surface area contributed by atoms with Crippen molar-refractivity contribution in [1.29, 1.82) is 0 Å². The van der Waals surface area contributed by atoms with Crippen LogP contribution in [0.15, 0.2) is 30.3 Å². The second kappa shape index (κ2) is 9.97. The highest BCUT2D eigenvalue weighted by molar-refractivity contribution is 5.73. The Balaban J connectivity index is 1.75. The summed E-state index contributed by atoms with van der Waals surface area (Å²) in [7, 11) is 5.66. The van der Waals surface area contributed by atoms with Crippen LogP contribution in [0.4, 0.5) is 4.79 Å². The molecule has 0 saturated carbocycles. The summed E-state index contributed by atoms with van der Waals surface area (Å²) in [6.45, 7) is 5.97. The van der Waals surface area contributed by atoms with Gasteiger partial charge in [0.2, 0.25) is 0 Å². The number of carbonyl (C=O) groups is 1. The summed E-state index contributed by atoms with van der Waals surface area (Å²) >= 11 is 0. The van der Waals surface area contributed by atoms with Gasteiger partial charge in [-0.05, 0) is 58.1 Å². The van der Waals surface area contributed by atoms with Gasteiger partial charge in [-0.3, -0.25) is 4.68 Å². The topological polar surface area (TPSA) is 71.4 Å². The lowest BCUT2D eigenvalue weighted by Gasteiger charge is -2.25. The molecule has 1 heterocycles. The van der Waals surface area contributed by atoms with E-state index in [1.807, 2.05) is 56.9 Å². The van der Waals surface area contributed by atoms with Gasteiger partial charge in [0.25, 0.3) is 0 Å². The predicted octanol–water partition coefficient (Wildman–Crippen LogP) is 2.50. The second-order valence-electron chi connectivity index (χ2n) is 6.89. The van der Waals surface area contributed by atoms with Crippen molar-refractivity contribution in [3.05, 3.63) is 47.3 Å². The lowest BCUT2D eigenvalue weighted by atomic mass is 10.1. The van der Waals surface area contributed by atoms with Gasteiger partial charge in [-0.1, -0.05) is 12.1 Å². The second-order valence-corrected chi connectivity index (χ2v) is 6.89. The Hall–Kier alpha value is -2.54. The molecule has 2 amide bonds. The Morgan fingerprint density at radius 2 is 1.93 bits per heavy atom. The van der Waals surface area contributed by atoms with Crippen LogP contribution in [0, 0.1) is 13.8 Å². The van der Waals surface area contributed by atoms with Gasteiger partial charge in [-0.2, -0.15) is 5.10 Å². The predicted molar refractivity (Wildman–Crippen MR) is 107 cm³/mol. The van der Waals surface area contributed by atoms with Crippen LogP contribution in [0.3, 0.4) is 0 Å². The number of methoxy groups -OCH3 is 1. The lowest BCUT2D eigenvalue weighted by Crippen LogP contribution is -2.41. The standard InChI is InChI=1S/C20H31N5O2/c1-15-13-16(2)25(23-15)12-6-11-21-20(26)22-14-19(24(3)4)17-7-9-18(27-5)10-8-17/h7-10,13,19H,6,11-12,14H2,1-5H3,(H2,21,22,26). The van der Waals surface area contributed by atoms with Crippen LogP contribution in [0.1, 0.15) is 29.4 Å². The summed E-state index contributed by atoms with van der Waals surface area (Å²) in [6.07, 6.45) is 0.838. The summed E-state index contributed by atoms with van der Waals surface area (Å²) in [5.41, 5.74) is 3.29. The van der Waals surface area contributed by atoms with Crippen LogP contribution < -0.4 is 15.4 Å². The van der Waals surface area contributed by atoms with E-state index in [1.54, 1.807) is 7.11 Å². The monoisotopic (exact) mass is 373 g/mol. The van der Waals surface area contributed by atoms with Crippen LogP contribution in [0.2, 0.25) is 0 Å². The molecule has 2 aromatic rings. The van der Waals surface area contributed by atoms with E-state index in [1.165, 1.54) is 0 Å². The highest BCUT2D eigenvalue weighted by atomic mass is 16.5. The Morgan fingerprint density at radius 3 is 2.48 bits per heavy atom. The number of nitrogens with one attached hydrogen (secondary N) is 2. The largest absolute Gasteiger partial charge is 0.497 e. The quantitative estimate of drug-likeness (QED) is 0.663. The number of nitrogens with zero attached hydrogens (tertiary/aromatic N) is 3. The Labute approximate surface area is 161 Å². The first-order valence-corrected chi connectivity index (χ1v) is 9.24. The third kappa shape index (κ3) is 6.29. The number of hydrogen-bond acceptors (Lipinski definition) is 4. The molecule has 1 atom stereocenters. The number of likely N-dealkylation sites (N-methyl/N-ethyl adjacent to an activating group) is 1. The van der Waals surface area contributed by atoms with E-state index < -0.39 is 0 Å². The summed E-state index contributed by atoms with van der Waals surface area (Å²) < 4.78 is 7.18. The van der Waals surface area contributed by atoms with Crippen LogP contribution in [0.5, 0.6) is 5.75 Å². The van der Waals surface area contributed by atoms with Gasteiger partial charge >= 0.3 is 6.03 Å². The molecule has 0 bridgehead atoms. The van der Waals surface area contributed by atoms with E-state index in [9.17, 15) is 4.79 Å².